The van der Waals surface area contributed by atoms with Crippen LogP contribution in [-0.4, -0.2) is 50.3 Å². The molecule has 0 saturated carbocycles. The highest BCUT2D eigenvalue weighted by molar-refractivity contribution is 5.96. The minimum Gasteiger partial charge on any atom is -0.492 e. The number of likely N-dealkylation sites (tertiary alicyclic amines) is 1. The molecule has 1 N–H and O–H groups in total. The second kappa shape index (κ2) is 11.0. The number of aryl methyl sites for hydroxylation is 1. The van der Waals surface area contributed by atoms with Gasteiger partial charge in [-0.1, -0.05) is 48.4 Å². The molecule has 1 spiro atoms. The normalized spacial score (nSPS) is 20.6. The largest absolute Gasteiger partial charge is 0.492 e. The van der Waals surface area contributed by atoms with E-state index in [1.807, 2.05) is 24.3 Å². The summed E-state index contributed by atoms with van der Waals surface area (Å²) < 4.78 is 12.1. The fourth-order valence-electron chi connectivity index (χ4n) is 4.75. The average Bonchev–Trinajstić information content (AvgIpc) is 2.82. The van der Waals surface area contributed by atoms with Crippen LogP contribution in [-0.2, 0) is 11.3 Å². The van der Waals surface area contributed by atoms with Gasteiger partial charge in [0.05, 0.1) is 18.8 Å². The zero-order valence-electron chi connectivity index (χ0n) is 19.3. The Morgan fingerprint density at radius 1 is 0.969 bits per heavy atom. The van der Waals surface area contributed by atoms with Gasteiger partial charge >= 0.3 is 0 Å². The third-order valence-electron chi connectivity index (χ3n) is 6.89. The number of ether oxygens (including phenoxy) is 2. The summed E-state index contributed by atoms with van der Waals surface area (Å²) in [6.07, 6.45) is 5.58. The Kier molecular flexibility index (Phi) is 7.82. The summed E-state index contributed by atoms with van der Waals surface area (Å²) in [5, 5.41) is 2.95. The Morgan fingerprint density at radius 3 is 2.56 bits per heavy atom. The molecule has 0 radical (unpaired) electrons. The minimum atomic E-state index is -0.0942. The van der Waals surface area contributed by atoms with Crippen LogP contribution in [0.2, 0.25) is 0 Å². The first-order valence-electron chi connectivity index (χ1n) is 12.0. The lowest BCUT2D eigenvalue weighted by molar-refractivity contribution is 0.0384. The SMILES string of the molecule is Cc1ccc(CN2CCC3(CCCCOCCNC(=O)c4ccccc4OC3)CC2)cc1. The van der Waals surface area contributed by atoms with Gasteiger partial charge in [0.15, 0.2) is 0 Å². The molecule has 5 nitrogen and oxygen atoms in total. The number of hydrogen-bond donors (Lipinski definition) is 1. The average molecular weight is 437 g/mol. The Balaban J connectivity index is 1.43. The van der Waals surface area contributed by atoms with Crippen molar-refractivity contribution in [2.45, 2.75) is 45.6 Å². The number of para-hydroxylation sites is 1. The van der Waals surface area contributed by atoms with E-state index in [9.17, 15) is 4.79 Å². The third-order valence-corrected chi connectivity index (χ3v) is 6.89. The van der Waals surface area contributed by atoms with Gasteiger partial charge in [-0.05, 0) is 63.4 Å². The van der Waals surface area contributed by atoms with E-state index in [4.69, 9.17) is 9.47 Å². The fraction of sp³-hybridized carbons (Fsp3) is 0.519. The first-order chi connectivity index (χ1) is 15.6. The Labute approximate surface area is 192 Å². The third kappa shape index (κ3) is 6.11. The molecule has 0 aliphatic carbocycles. The van der Waals surface area contributed by atoms with E-state index in [0.717, 1.165) is 58.3 Å². The maximum absolute atomic E-state index is 12.6. The topological polar surface area (TPSA) is 50.8 Å². The highest BCUT2D eigenvalue weighted by Gasteiger charge is 2.35. The van der Waals surface area contributed by atoms with E-state index in [0.29, 0.717) is 31.1 Å². The van der Waals surface area contributed by atoms with Crippen LogP contribution in [0.1, 0.15) is 53.6 Å². The highest BCUT2D eigenvalue weighted by atomic mass is 16.5. The van der Waals surface area contributed by atoms with Gasteiger partial charge in [-0.3, -0.25) is 9.69 Å². The van der Waals surface area contributed by atoms with Crippen molar-refractivity contribution < 1.29 is 14.3 Å². The van der Waals surface area contributed by atoms with E-state index >= 15 is 0 Å². The van der Waals surface area contributed by atoms with Crippen molar-refractivity contribution in [1.29, 1.82) is 0 Å². The lowest BCUT2D eigenvalue weighted by Crippen LogP contribution is -2.43. The zero-order chi connectivity index (χ0) is 22.2. The lowest BCUT2D eigenvalue weighted by Gasteiger charge is -2.42. The van der Waals surface area contributed by atoms with Gasteiger partial charge in [-0.15, -0.1) is 0 Å². The van der Waals surface area contributed by atoms with Crippen LogP contribution in [0.25, 0.3) is 0 Å². The van der Waals surface area contributed by atoms with Gasteiger partial charge < -0.3 is 14.8 Å². The number of hydrogen-bond acceptors (Lipinski definition) is 4. The molecule has 172 valence electrons. The van der Waals surface area contributed by atoms with Crippen molar-refractivity contribution in [3.63, 3.8) is 0 Å². The van der Waals surface area contributed by atoms with Gasteiger partial charge in [0.2, 0.25) is 0 Å². The van der Waals surface area contributed by atoms with Gasteiger partial charge in [-0.2, -0.15) is 0 Å². The molecule has 2 aliphatic rings. The Bertz CT molecular complexity index is 873. The van der Waals surface area contributed by atoms with Crippen molar-refractivity contribution in [3.05, 3.63) is 65.2 Å². The molecular weight excluding hydrogens is 400 g/mol. The van der Waals surface area contributed by atoms with Crippen LogP contribution in [0, 0.1) is 12.3 Å². The number of carbonyl (C=O) groups is 1. The molecule has 1 saturated heterocycles. The van der Waals surface area contributed by atoms with Gasteiger partial charge in [0.25, 0.3) is 5.91 Å². The van der Waals surface area contributed by atoms with E-state index < -0.39 is 0 Å². The smallest absolute Gasteiger partial charge is 0.255 e. The first kappa shape index (κ1) is 22.8. The first-order valence-corrected chi connectivity index (χ1v) is 12.0. The summed E-state index contributed by atoms with van der Waals surface area (Å²) in [4.78, 5) is 15.2. The quantitative estimate of drug-likeness (QED) is 0.748. The standard InChI is InChI=1S/C27H36N2O3/c1-22-8-10-23(11-9-22)20-29-16-13-27(14-17-29)12-4-5-18-31-19-15-28-26(30)24-6-2-3-7-25(24)32-21-27/h2-3,6-11H,4-5,12-21H2,1H3,(H,28,30). The Morgan fingerprint density at radius 2 is 1.75 bits per heavy atom. The van der Waals surface area contributed by atoms with Crippen LogP contribution < -0.4 is 10.1 Å². The molecule has 0 bridgehead atoms. The van der Waals surface area contributed by atoms with Crippen molar-refractivity contribution in [2.24, 2.45) is 5.41 Å². The monoisotopic (exact) mass is 436 g/mol. The second-order valence-corrected chi connectivity index (χ2v) is 9.37. The molecule has 0 aromatic heterocycles. The van der Waals surface area contributed by atoms with Crippen LogP contribution in [0.3, 0.4) is 0 Å². The lowest BCUT2D eigenvalue weighted by atomic mass is 9.75. The van der Waals surface area contributed by atoms with E-state index in [2.05, 4.69) is 41.4 Å². The van der Waals surface area contributed by atoms with Crippen LogP contribution in [0.5, 0.6) is 5.75 Å². The van der Waals surface area contributed by atoms with Crippen LogP contribution >= 0.6 is 0 Å². The molecule has 1 amide bonds. The molecule has 2 aromatic rings. The summed E-state index contributed by atoms with van der Waals surface area (Å²) in [5.41, 5.74) is 3.45. The molecule has 4 rings (SSSR count). The maximum atomic E-state index is 12.6. The fourth-order valence-corrected chi connectivity index (χ4v) is 4.75. The van der Waals surface area contributed by atoms with Crippen molar-refractivity contribution in [1.82, 2.24) is 10.2 Å². The molecule has 2 aromatic carbocycles. The second-order valence-electron chi connectivity index (χ2n) is 9.37. The predicted molar refractivity (Wildman–Crippen MR) is 127 cm³/mol. The molecular formula is C27H36N2O3. The van der Waals surface area contributed by atoms with Crippen LogP contribution in [0.15, 0.2) is 48.5 Å². The summed E-state index contributed by atoms with van der Waals surface area (Å²) in [7, 11) is 0. The number of nitrogens with one attached hydrogen (secondary N) is 1. The number of amides is 1. The van der Waals surface area contributed by atoms with Crippen molar-refractivity contribution in [2.75, 3.05) is 39.5 Å². The summed E-state index contributed by atoms with van der Waals surface area (Å²) >= 11 is 0. The summed E-state index contributed by atoms with van der Waals surface area (Å²) in [5.74, 6) is 0.590. The molecule has 0 atom stereocenters. The van der Waals surface area contributed by atoms with Crippen LogP contribution in [0.4, 0.5) is 0 Å². The molecule has 1 fully saturated rings. The molecule has 2 aliphatic heterocycles. The van der Waals surface area contributed by atoms with Gasteiger partial charge in [0.1, 0.15) is 5.75 Å². The zero-order valence-corrected chi connectivity index (χ0v) is 19.3. The predicted octanol–water partition coefficient (Wildman–Crippen LogP) is 4.59. The van der Waals surface area contributed by atoms with Gasteiger partial charge in [0, 0.05) is 25.1 Å². The van der Waals surface area contributed by atoms with Gasteiger partial charge in [-0.25, -0.2) is 0 Å². The van der Waals surface area contributed by atoms with E-state index in [1.165, 1.54) is 11.1 Å². The molecule has 2 heterocycles. The number of benzene rings is 2. The summed E-state index contributed by atoms with van der Waals surface area (Å²) in [6.45, 7) is 7.79. The highest BCUT2D eigenvalue weighted by Crippen LogP contribution is 2.38. The Hall–Kier alpha value is -2.37. The van der Waals surface area contributed by atoms with Crippen molar-refractivity contribution >= 4 is 5.91 Å². The molecule has 5 heteroatoms. The maximum Gasteiger partial charge on any atom is 0.255 e. The van der Waals surface area contributed by atoms with Crippen molar-refractivity contribution in [3.8, 4) is 5.75 Å². The number of carbonyl (C=O) groups excluding carboxylic acids is 1. The summed E-state index contributed by atoms with van der Waals surface area (Å²) in [6, 6.07) is 16.5. The number of rotatable bonds is 2. The minimum absolute atomic E-state index is 0.0942. The number of fused-ring (bicyclic) bond motifs is 1. The van der Waals surface area contributed by atoms with E-state index in [-0.39, 0.29) is 11.3 Å². The number of piperidine rings is 1. The molecule has 0 unspecified atom stereocenters. The van der Waals surface area contributed by atoms with E-state index in [1.54, 1.807) is 0 Å². The number of nitrogens with zero attached hydrogens (tertiary/aromatic N) is 1. The molecule has 32 heavy (non-hydrogen) atoms.